The summed E-state index contributed by atoms with van der Waals surface area (Å²) in [4.78, 5) is 14.1. The first-order chi connectivity index (χ1) is 17.1. The fourth-order valence-corrected chi connectivity index (χ4v) is 5.00. The third-order valence-corrected chi connectivity index (χ3v) is 7.04. The zero-order valence-electron chi connectivity index (χ0n) is 20.3. The van der Waals surface area contributed by atoms with Gasteiger partial charge in [0.15, 0.2) is 11.4 Å². The van der Waals surface area contributed by atoms with Crippen LogP contribution in [0.1, 0.15) is 25.3 Å². The highest BCUT2D eigenvalue weighted by Gasteiger charge is 2.29. The molecule has 0 radical (unpaired) electrons. The molecule has 0 amide bonds. The number of H-pyrrole nitrogens is 1. The highest BCUT2D eigenvalue weighted by Crippen LogP contribution is 2.36. The first kappa shape index (κ1) is 22.0. The van der Waals surface area contributed by atoms with E-state index in [4.69, 9.17) is 19.6 Å². The molecule has 6 heterocycles. The van der Waals surface area contributed by atoms with Crippen molar-refractivity contribution in [3.8, 4) is 28.4 Å². The molecule has 0 spiro atoms. The minimum absolute atomic E-state index is 0.237. The number of nitrogens with one attached hydrogen (secondary N) is 1. The summed E-state index contributed by atoms with van der Waals surface area (Å²) in [6, 6.07) is 6.82. The summed E-state index contributed by atoms with van der Waals surface area (Å²) in [5, 5.41) is 12.2. The number of hydrogen-bond acceptors (Lipinski definition) is 8. The van der Waals surface area contributed by atoms with Gasteiger partial charge in [-0.15, -0.1) is 0 Å². The number of pyridine rings is 2. The van der Waals surface area contributed by atoms with E-state index in [9.17, 15) is 0 Å². The lowest BCUT2D eigenvalue weighted by atomic mass is 9.96. The average molecular weight is 475 g/mol. The van der Waals surface area contributed by atoms with Crippen molar-refractivity contribution in [1.82, 2.24) is 34.7 Å². The van der Waals surface area contributed by atoms with Crippen LogP contribution in [0.3, 0.4) is 0 Å². The van der Waals surface area contributed by atoms with Gasteiger partial charge in [-0.25, -0.2) is 9.50 Å². The van der Waals surface area contributed by atoms with Crippen LogP contribution in [0, 0.1) is 0 Å². The van der Waals surface area contributed by atoms with E-state index in [1.807, 2.05) is 18.5 Å². The number of ether oxygens (including phenoxy) is 2. The van der Waals surface area contributed by atoms with Crippen LogP contribution in [-0.4, -0.2) is 87.2 Å². The lowest BCUT2D eigenvalue weighted by Gasteiger charge is -2.43. The molecule has 10 nitrogen and oxygen atoms in total. The van der Waals surface area contributed by atoms with E-state index in [1.165, 1.54) is 6.33 Å². The lowest BCUT2D eigenvalue weighted by Crippen LogP contribution is -2.56. The van der Waals surface area contributed by atoms with Crippen molar-refractivity contribution in [1.29, 1.82) is 0 Å². The molecule has 0 aliphatic carbocycles. The summed E-state index contributed by atoms with van der Waals surface area (Å²) >= 11 is 0. The number of nitrogens with zero attached hydrogens (tertiary/aromatic N) is 7. The summed E-state index contributed by atoms with van der Waals surface area (Å²) in [5.41, 5.74) is 6.56. The summed E-state index contributed by atoms with van der Waals surface area (Å²) < 4.78 is 12.6. The lowest BCUT2D eigenvalue weighted by molar-refractivity contribution is -0.0660. The topological polar surface area (TPSA) is 96.7 Å². The van der Waals surface area contributed by atoms with Crippen molar-refractivity contribution in [3.63, 3.8) is 0 Å². The number of rotatable bonds is 6. The number of methoxy groups -OCH3 is 1. The van der Waals surface area contributed by atoms with Crippen LogP contribution in [0.5, 0.6) is 5.75 Å². The zero-order chi connectivity index (χ0) is 23.9. The van der Waals surface area contributed by atoms with Gasteiger partial charge in [-0.05, 0) is 24.1 Å². The molecule has 2 aliphatic heterocycles. The molecule has 0 unspecified atom stereocenters. The predicted octanol–water partition coefficient (Wildman–Crippen LogP) is 2.83. The Morgan fingerprint density at radius 1 is 1.11 bits per heavy atom. The maximum absolute atomic E-state index is 5.55. The standard InChI is InChI=1S/C25H30N8O2/c1-16(2)22-23(17-10-21(34-3)25-27-15-28-33(25)12-17)29-30-24(22)20-5-4-18(11-26-20)31-6-8-32(9-7-31)19-13-35-14-19/h4-5,10-12,15-16,19H,6-9,13-14H2,1-3H3,(H,29,30). The predicted molar refractivity (Wildman–Crippen MR) is 133 cm³/mol. The fourth-order valence-electron chi connectivity index (χ4n) is 5.00. The maximum Gasteiger partial charge on any atom is 0.197 e. The van der Waals surface area contributed by atoms with Crippen molar-refractivity contribution in [2.24, 2.45) is 0 Å². The Morgan fingerprint density at radius 3 is 2.60 bits per heavy atom. The molecule has 0 aromatic carbocycles. The molecule has 10 heteroatoms. The second-order valence-corrected chi connectivity index (χ2v) is 9.46. The number of aromatic nitrogens is 6. The third kappa shape index (κ3) is 3.92. The zero-order valence-corrected chi connectivity index (χ0v) is 20.3. The largest absolute Gasteiger partial charge is 0.493 e. The molecule has 0 atom stereocenters. The van der Waals surface area contributed by atoms with E-state index in [0.717, 1.165) is 73.3 Å². The second-order valence-electron chi connectivity index (χ2n) is 9.46. The summed E-state index contributed by atoms with van der Waals surface area (Å²) in [6.07, 6.45) is 5.43. The van der Waals surface area contributed by atoms with Gasteiger partial charge in [0.05, 0.1) is 55.3 Å². The van der Waals surface area contributed by atoms with E-state index in [-0.39, 0.29) is 5.92 Å². The fraction of sp³-hybridized carbons (Fsp3) is 0.440. The van der Waals surface area contributed by atoms with Crippen LogP contribution >= 0.6 is 0 Å². The number of fused-ring (bicyclic) bond motifs is 1. The first-order valence-corrected chi connectivity index (χ1v) is 12.1. The Hall–Kier alpha value is -3.50. The minimum Gasteiger partial charge on any atom is -0.493 e. The number of piperazine rings is 1. The molecule has 182 valence electrons. The Labute approximate surface area is 203 Å². The average Bonchev–Trinajstić information content (AvgIpc) is 3.50. The monoisotopic (exact) mass is 474 g/mol. The summed E-state index contributed by atoms with van der Waals surface area (Å²) in [7, 11) is 1.64. The molecule has 0 saturated carbocycles. The Morgan fingerprint density at radius 2 is 1.94 bits per heavy atom. The highest BCUT2D eigenvalue weighted by molar-refractivity contribution is 5.75. The molecule has 2 fully saturated rings. The van der Waals surface area contributed by atoms with Crippen molar-refractivity contribution in [2.45, 2.75) is 25.8 Å². The smallest absolute Gasteiger partial charge is 0.197 e. The van der Waals surface area contributed by atoms with Gasteiger partial charge in [0, 0.05) is 43.5 Å². The molecular weight excluding hydrogens is 444 g/mol. The molecule has 0 bridgehead atoms. The van der Waals surface area contributed by atoms with E-state index in [2.05, 4.69) is 51.0 Å². The molecule has 2 saturated heterocycles. The molecule has 4 aromatic heterocycles. The van der Waals surface area contributed by atoms with E-state index >= 15 is 0 Å². The SMILES string of the molecule is COc1cc(-c2n[nH]c(-c3ccc(N4CCN(C5COC5)CC4)cn3)c2C(C)C)cn2ncnc12. The van der Waals surface area contributed by atoms with Crippen LogP contribution in [0.4, 0.5) is 5.69 Å². The van der Waals surface area contributed by atoms with Crippen molar-refractivity contribution in [3.05, 3.63) is 42.5 Å². The van der Waals surface area contributed by atoms with Crippen LogP contribution in [-0.2, 0) is 4.74 Å². The summed E-state index contributed by atoms with van der Waals surface area (Å²) in [5.74, 6) is 0.896. The number of hydrogen-bond donors (Lipinski definition) is 1. The maximum atomic E-state index is 5.55. The van der Waals surface area contributed by atoms with Gasteiger partial charge < -0.3 is 14.4 Å². The molecule has 2 aliphatic rings. The number of anilines is 1. The molecular formula is C25H30N8O2. The van der Waals surface area contributed by atoms with E-state index in [0.29, 0.717) is 17.4 Å². The molecule has 35 heavy (non-hydrogen) atoms. The highest BCUT2D eigenvalue weighted by atomic mass is 16.5. The minimum atomic E-state index is 0.237. The summed E-state index contributed by atoms with van der Waals surface area (Å²) in [6.45, 7) is 10.2. The number of aromatic amines is 1. The molecule has 4 aromatic rings. The molecule has 6 rings (SSSR count). The van der Waals surface area contributed by atoms with Crippen molar-refractivity contribution in [2.75, 3.05) is 51.4 Å². The Kier molecular flexibility index (Phi) is 5.62. The van der Waals surface area contributed by atoms with E-state index in [1.54, 1.807) is 11.6 Å². The normalized spacial score (nSPS) is 17.3. The van der Waals surface area contributed by atoms with Crippen molar-refractivity contribution < 1.29 is 9.47 Å². The van der Waals surface area contributed by atoms with Gasteiger partial charge in [0.25, 0.3) is 0 Å². The van der Waals surface area contributed by atoms with Crippen LogP contribution in [0.2, 0.25) is 0 Å². The van der Waals surface area contributed by atoms with Gasteiger partial charge in [-0.3, -0.25) is 15.0 Å². The van der Waals surface area contributed by atoms with Crippen LogP contribution in [0.25, 0.3) is 28.3 Å². The van der Waals surface area contributed by atoms with Crippen LogP contribution < -0.4 is 9.64 Å². The first-order valence-electron chi connectivity index (χ1n) is 12.1. The van der Waals surface area contributed by atoms with Crippen LogP contribution in [0.15, 0.2) is 36.9 Å². The van der Waals surface area contributed by atoms with E-state index < -0.39 is 0 Å². The van der Waals surface area contributed by atoms with Gasteiger partial charge in [0.2, 0.25) is 0 Å². The van der Waals surface area contributed by atoms with Crippen molar-refractivity contribution >= 4 is 11.3 Å². The quantitative estimate of drug-likeness (QED) is 0.456. The van der Waals surface area contributed by atoms with Gasteiger partial charge >= 0.3 is 0 Å². The Bertz CT molecular complexity index is 1320. The molecule has 1 N–H and O–H groups in total. The van der Waals surface area contributed by atoms with Gasteiger partial charge in [0.1, 0.15) is 6.33 Å². The Balaban J connectivity index is 1.27. The van der Waals surface area contributed by atoms with Gasteiger partial charge in [-0.1, -0.05) is 13.8 Å². The van der Waals surface area contributed by atoms with Gasteiger partial charge in [-0.2, -0.15) is 10.2 Å². The second kappa shape index (κ2) is 8.94. The third-order valence-electron chi connectivity index (χ3n) is 7.04.